The van der Waals surface area contributed by atoms with Gasteiger partial charge in [-0.05, 0) is 36.3 Å². The van der Waals surface area contributed by atoms with Crippen molar-refractivity contribution in [1.82, 2.24) is 0 Å². The molecule has 1 saturated heterocycles. The van der Waals surface area contributed by atoms with Crippen molar-refractivity contribution in [3.8, 4) is 0 Å². The Labute approximate surface area is 110 Å². The fourth-order valence-corrected chi connectivity index (χ4v) is 3.60. The monoisotopic (exact) mass is 274 g/mol. The Morgan fingerprint density at radius 2 is 2.29 bits per heavy atom. The molecule has 0 aliphatic carbocycles. The molecule has 2 atom stereocenters. The molecular weight excluding hydrogens is 259 g/mol. The smallest absolute Gasteiger partial charge is 0.127 e. The summed E-state index contributed by atoms with van der Waals surface area (Å²) in [4.78, 5) is 0. The van der Waals surface area contributed by atoms with Gasteiger partial charge in [0.05, 0.1) is 6.10 Å². The van der Waals surface area contributed by atoms with E-state index in [4.69, 9.17) is 11.6 Å². The molecule has 0 bridgehead atoms. The van der Waals surface area contributed by atoms with Crippen LogP contribution in [0.3, 0.4) is 0 Å². The van der Waals surface area contributed by atoms with Gasteiger partial charge in [0, 0.05) is 16.7 Å². The molecule has 4 heteroatoms. The van der Waals surface area contributed by atoms with Gasteiger partial charge in [0.2, 0.25) is 0 Å². The average Bonchev–Trinajstić information content (AvgIpc) is 2.34. The minimum absolute atomic E-state index is 0.249. The quantitative estimate of drug-likeness (QED) is 0.908. The van der Waals surface area contributed by atoms with Crippen molar-refractivity contribution >= 4 is 23.4 Å². The van der Waals surface area contributed by atoms with Crippen molar-refractivity contribution in [3.63, 3.8) is 0 Å². The molecule has 1 N–H and O–H groups in total. The van der Waals surface area contributed by atoms with Crippen molar-refractivity contribution < 1.29 is 9.50 Å². The van der Waals surface area contributed by atoms with Gasteiger partial charge in [-0.25, -0.2) is 4.39 Å². The second-order valence-electron chi connectivity index (χ2n) is 4.41. The third-order valence-electron chi connectivity index (χ3n) is 3.09. The number of halogens is 2. The van der Waals surface area contributed by atoms with Crippen molar-refractivity contribution in [2.75, 3.05) is 5.75 Å². The van der Waals surface area contributed by atoms with Crippen LogP contribution in [0.2, 0.25) is 5.02 Å². The zero-order chi connectivity index (χ0) is 12.3. The molecule has 1 aromatic carbocycles. The van der Waals surface area contributed by atoms with Crippen LogP contribution in [-0.2, 0) is 6.42 Å². The summed E-state index contributed by atoms with van der Waals surface area (Å²) in [6, 6.07) is 4.63. The van der Waals surface area contributed by atoms with Crippen molar-refractivity contribution in [2.24, 2.45) is 0 Å². The summed E-state index contributed by atoms with van der Waals surface area (Å²) in [5.41, 5.74) is 0.549. The van der Waals surface area contributed by atoms with Crippen LogP contribution in [0.5, 0.6) is 0 Å². The van der Waals surface area contributed by atoms with Crippen LogP contribution in [0, 0.1) is 5.82 Å². The first-order chi connectivity index (χ1) is 8.16. The number of hydrogen-bond acceptors (Lipinski definition) is 2. The fourth-order valence-electron chi connectivity index (χ4n) is 2.11. The second kappa shape index (κ2) is 6.07. The van der Waals surface area contributed by atoms with E-state index in [0.29, 0.717) is 17.0 Å². The molecule has 0 spiro atoms. The predicted octanol–water partition coefficient (Wildman–Crippen LogP) is 3.67. The van der Waals surface area contributed by atoms with E-state index in [0.717, 1.165) is 18.6 Å². The molecule has 17 heavy (non-hydrogen) atoms. The van der Waals surface area contributed by atoms with E-state index >= 15 is 0 Å². The lowest BCUT2D eigenvalue weighted by Crippen LogP contribution is -2.28. The highest BCUT2D eigenvalue weighted by atomic mass is 35.5. The highest BCUT2D eigenvalue weighted by Gasteiger charge is 2.23. The Balaban J connectivity index is 1.99. The Kier molecular flexibility index (Phi) is 4.71. The van der Waals surface area contributed by atoms with Gasteiger partial charge in [-0.1, -0.05) is 24.1 Å². The minimum atomic E-state index is -0.462. The molecule has 0 radical (unpaired) electrons. The summed E-state index contributed by atoms with van der Waals surface area (Å²) in [5, 5.41) is 10.7. The standard InChI is InChI=1S/C13H16ClFOS/c14-10-5-4-9(11(15)8-10)7-12(16)13-3-1-2-6-17-13/h4-5,8,12-13,16H,1-3,6-7H2. The van der Waals surface area contributed by atoms with Gasteiger partial charge < -0.3 is 5.11 Å². The summed E-state index contributed by atoms with van der Waals surface area (Å²) in [7, 11) is 0. The first-order valence-electron chi connectivity index (χ1n) is 5.90. The normalized spacial score (nSPS) is 22.4. The van der Waals surface area contributed by atoms with Gasteiger partial charge >= 0.3 is 0 Å². The SMILES string of the molecule is OC(Cc1ccc(Cl)cc1F)C1CCCCS1. The maximum atomic E-state index is 13.6. The molecule has 1 fully saturated rings. The highest BCUT2D eigenvalue weighted by molar-refractivity contribution is 8.00. The minimum Gasteiger partial charge on any atom is -0.392 e. The summed E-state index contributed by atoms with van der Waals surface area (Å²) in [6.45, 7) is 0. The number of benzene rings is 1. The molecule has 1 nitrogen and oxygen atoms in total. The molecule has 0 saturated carbocycles. The van der Waals surface area contributed by atoms with Gasteiger partial charge in [-0.15, -0.1) is 0 Å². The summed E-state index contributed by atoms with van der Waals surface area (Å²) in [5.74, 6) is 0.780. The van der Waals surface area contributed by atoms with Gasteiger partial charge in [0.25, 0.3) is 0 Å². The molecule has 1 aliphatic rings. The first kappa shape index (κ1) is 13.2. The third kappa shape index (κ3) is 3.60. The maximum absolute atomic E-state index is 13.6. The summed E-state index contributed by atoms with van der Waals surface area (Å²) in [6.07, 6.45) is 3.33. The Morgan fingerprint density at radius 3 is 2.94 bits per heavy atom. The molecule has 1 aromatic rings. The lowest BCUT2D eigenvalue weighted by molar-refractivity contribution is 0.165. The van der Waals surface area contributed by atoms with Crippen molar-refractivity contribution in [2.45, 2.75) is 37.0 Å². The van der Waals surface area contributed by atoms with E-state index in [-0.39, 0.29) is 11.1 Å². The maximum Gasteiger partial charge on any atom is 0.127 e. The Bertz CT molecular complexity index is 380. The largest absolute Gasteiger partial charge is 0.392 e. The van der Waals surface area contributed by atoms with E-state index in [1.165, 1.54) is 12.5 Å². The first-order valence-corrected chi connectivity index (χ1v) is 7.33. The molecule has 0 amide bonds. The molecule has 94 valence electrons. The molecular formula is C13H16ClFOS. The molecule has 1 aliphatic heterocycles. The van der Waals surface area contributed by atoms with Crippen LogP contribution in [0.4, 0.5) is 4.39 Å². The van der Waals surface area contributed by atoms with Crippen LogP contribution >= 0.6 is 23.4 Å². The van der Waals surface area contributed by atoms with E-state index in [2.05, 4.69) is 0 Å². The van der Waals surface area contributed by atoms with Gasteiger partial charge in [0.15, 0.2) is 0 Å². The fraction of sp³-hybridized carbons (Fsp3) is 0.538. The zero-order valence-electron chi connectivity index (χ0n) is 9.53. The zero-order valence-corrected chi connectivity index (χ0v) is 11.1. The molecule has 2 unspecified atom stereocenters. The van der Waals surface area contributed by atoms with Gasteiger partial charge in [0.1, 0.15) is 5.82 Å². The number of hydrogen-bond donors (Lipinski definition) is 1. The molecule has 0 aromatic heterocycles. The number of rotatable bonds is 3. The topological polar surface area (TPSA) is 20.2 Å². The third-order valence-corrected chi connectivity index (χ3v) is 4.83. The van der Waals surface area contributed by atoms with E-state index < -0.39 is 6.10 Å². The van der Waals surface area contributed by atoms with Crippen LogP contribution in [0.1, 0.15) is 24.8 Å². The second-order valence-corrected chi connectivity index (χ2v) is 6.20. The van der Waals surface area contributed by atoms with Gasteiger partial charge in [-0.2, -0.15) is 11.8 Å². The Hall–Kier alpha value is -0.250. The van der Waals surface area contributed by atoms with E-state index in [1.54, 1.807) is 23.9 Å². The van der Waals surface area contributed by atoms with E-state index in [9.17, 15) is 9.50 Å². The van der Waals surface area contributed by atoms with Gasteiger partial charge in [-0.3, -0.25) is 0 Å². The summed E-state index contributed by atoms with van der Waals surface area (Å²) < 4.78 is 13.6. The number of aliphatic hydroxyl groups is 1. The van der Waals surface area contributed by atoms with Crippen LogP contribution in [-0.4, -0.2) is 22.2 Å². The lowest BCUT2D eigenvalue weighted by atomic mass is 10.0. The highest BCUT2D eigenvalue weighted by Crippen LogP contribution is 2.29. The number of aliphatic hydroxyl groups excluding tert-OH is 1. The lowest BCUT2D eigenvalue weighted by Gasteiger charge is -2.26. The average molecular weight is 275 g/mol. The number of thioether (sulfide) groups is 1. The van der Waals surface area contributed by atoms with Crippen LogP contribution in [0.25, 0.3) is 0 Å². The van der Waals surface area contributed by atoms with E-state index in [1.807, 2.05) is 0 Å². The summed E-state index contributed by atoms with van der Waals surface area (Å²) >= 11 is 7.50. The molecule has 1 heterocycles. The Morgan fingerprint density at radius 1 is 1.47 bits per heavy atom. The predicted molar refractivity (Wildman–Crippen MR) is 71.2 cm³/mol. The van der Waals surface area contributed by atoms with Crippen LogP contribution < -0.4 is 0 Å². The van der Waals surface area contributed by atoms with Crippen LogP contribution in [0.15, 0.2) is 18.2 Å². The molecule has 2 rings (SSSR count). The van der Waals surface area contributed by atoms with Crippen molar-refractivity contribution in [1.29, 1.82) is 0 Å². The van der Waals surface area contributed by atoms with Crippen molar-refractivity contribution in [3.05, 3.63) is 34.6 Å².